The van der Waals surface area contributed by atoms with Crippen LogP contribution in [0, 0.1) is 5.92 Å². The van der Waals surface area contributed by atoms with E-state index in [1.54, 1.807) is 11.1 Å². The number of ether oxygens (including phenoxy) is 2. The molecular formula is C24H34F3N5O4. The molecule has 0 aromatic carbocycles. The summed E-state index contributed by atoms with van der Waals surface area (Å²) in [6.45, 7) is 0.920. The molecule has 200 valence electrons. The summed E-state index contributed by atoms with van der Waals surface area (Å²) < 4.78 is 52.2. The van der Waals surface area contributed by atoms with Gasteiger partial charge < -0.3 is 14.8 Å². The number of hydrazine groups is 1. The van der Waals surface area contributed by atoms with Crippen molar-refractivity contribution in [2.75, 3.05) is 26.3 Å². The molecule has 3 heterocycles. The van der Waals surface area contributed by atoms with E-state index >= 15 is 0 Å². The highest BCUT2D eigenvalue weighted by molar-refractivity contribution is 5.80. The van der Waals surface area contributed by atoms with Gasteiger partial charge >= 0.3 is 6.18 Å². The van der Waals surface area contributed by atoms with E-state index in [9.17, 15) is 22.8 Å². The molecular weight excluding hydrogens is 479 g/mol. The fourth-order valence-electron chi connectivity index (χ4n) is 5.36. The molecule has 3 atom stereocenters. The molecule has 1 saturated carbocycles. The average Bonchev–Trinajstić information content (AvgIpc) is 3.31. The van der Waals surface area contributed by atoms with Crippen LogP contribution in [0.25, 0.3) is 0 Å². The smallest absolute Gasteiger partial charge is 0.402 e. The molecule has 2 amide bonds. The first kappa shape index (κ1) is 26.6. The monoisotopic (exact) mass is 513 g/mol. The zero-order valence-electron chi connectivity index (χ0n) is 20.1. The second-order valence-electron chi connectivity index (χ2n) is 9.64. The Morgan fingerprint density at radius 1 is 1.19 bits per heavy atom. The zero-order valence-corrected chi connectivity index (χ0v) is 20.1. The lowest BCUT2D eigenvalue weighted by molar-refractivity contribution is -0.201. The topological polar surface area (TPSA) is 105 Å². The lowest BCUT2D eigenvalue weighted by Crippen LogP contribution is -2.65. The molecule has 2 unspecified atom stereocenters. The number of carbonyl (C=O) groups is 2. The van der Waals surface area contributed by atoms with Gasteiger partial charge in [-0.15, -0.1) is 0 Å². The second kappa shape index (κ2) is 12.2. The van der Waals surface area contributed by atoms with E-state index in [0.29, 0.717) is 18.8 Å². The summed E-state index contributed by atoms with van der Waals surface area (Å²) in [6, 6.07) is 4.45. The molecule has 4 rings (SSSR count). The lowest BCUT2D eigenvalue weighted by atomic mass is 9.93. The largest absolute Gasteiger partial charge is 0.474 e. The maximum atomic E-state index is 13.5. The van der Waals surface area contributed by atoms with Crippen molar-refractivity contribution in [2.45, 2.75) is 75.4 Å². The van der Waals surface area contributed by atoms with Crippen LogP contribution in [0.2, 0.25) is 0 Å². The molecule has 12 heteroatoms. The van der Waals surface area contributed by atoms with Crippen LogP contribution in [0.3, 0.4) is 0 Å². The molecule has 2 aliphatic heterocycles. The van der Waals surface area contributed by atoms with Crippen molar-refractivity contribution in [3.63, 3.8) is 0 Å². The molecule has 9 nitrogen and oxygen atoms in total. The molecule has 3 N–H and O–H groups in total. The Labute approximate surface area is 208 Å². The SMILES string of the molecule is O=C(CCOC[C@@H]1CCCN1C1CNNC(=O)C1C(F)(F)F)NC1CCC(Oc2ccccn2)CC1. The normalized spacial score (nSPS) is 29.5. The van der Waals surface area contributed by atoms with Crippen molar-refractivity contribution >= 4 is 11.8 Å². The van der Waals surface area contributed by atoms with Gasteiger partial charge in [-0.25, -0.2) is 10.4 Å². The number of carbonyl (C=O) groups excluding carboxylic acids is 2. The highest BCUT2D eigenvalue weighted by Crippen LogP contribution is 2.35. The summed E-state index contributed by atoms with van der Waals surface area (Å²) in [5.41, 5.74) is 4.67. The van der Waals surface area contributed by atoms with E-state index in [1.807, 2.05) is 18.2 Å². The minimum atomic E-state index is -4.62. The number of nitrogens with one attached hydrogen (secondary N) is 3. The van der Waals surface area contributed by atoms with Gasteiger partial charge in [-0.2, -0.15) is 13.2 Å². The Bertz CT molecular complexity index is 867. The number of rotatable bonds is 9. The summed E-state index contributed by atoms with van der Waals surface area (Å²) in [6.07, 6.45) is 2.11. The third kappa shape index (κ3) is 7.07. The number of nitrogens with zero attached hydrogens (tertiary/aromatic N) is 2. The van der Waals surface area contributed by atoms with E-state index in [1.165, 1.54) is 0 Å². The summed E-state index contributed by atoms with van der Waals surface area (Å²) in [7, 11) is 0. The first-order valence-electron chi connectivity index (χ1n) is 12.6. The first-order valence-corrected chi connectivity index (χ1v) is 12.6. The zero-order chi connectivity index (χ0) is 25.5. The molecule has 1 aromatic rings. The molecule has 0 radical (unpaired) electrons. The second-order valence-corrected chi connectivity index (χ2v) is 9.64. The Kier molecular flexibility index (Phi) is 9.02. The molecule has 1 aromatic heterocycles. The van der Waals surface area contributed by atoms with Gasteiger partial charge in [0.1, 0.15) is 6.10 Å². The van der Waals surface area contributed by atoms with Crippen LogP contribution in [0.1, 0.15) is 44.9 Å². The molecule has 3 aliphatic rings. The van der Waals surface area contributed by atoms with Gasteiger partial charge in [0.2, 0.25) is 17.7 Å². The van der Waals surface area contributed by atoms with Crippen molar-refractivity contribution in [1.29, 1.82) is 0 Å². The number of aromatic nitrogens is 1. The highest BCUT2D eigenvalue weighted by atomic mass is 19.4. The predicted molar refractivity (Wildman–Crippen MR) is 124 cm³/mol. The van der Waals surface area contributed by atoms with Crippen LogP contribution >= 0.6 is 0 Å². The highest BCUT2D eigenvalue weighted by Gasteiger charge is 2.54. The predicted octanol–water partition coefficient (Wildman–Crippen LogP) is 1.94. The van der Waals surface area contributed by atoms with E-state index in [0.717, 1.165) is 32.1 Å². The first-order chi connectivity index (χ1) is 17.3. The van der Waals surface area contributed by atoms with Gasteiger partial charge in [-0.1, -0.05) is 6.07 Å². The van der Waals surface area contributed by atoms with Gasteiger partial charge in [-0.3, -0.25) is 19.9 Å². The van der Waals surface area contributed by atoms with E-state index in [2.05, 4.69) is 21.2 Å². The number of halogens is 3. The minimum absolute atomic E-state index is 0.0178. The van der Waals surface area contributed by atoms with Gasteiger partial charge in [0.05, 0.1) is 13.2 Å². The van der Waals surface area contributed by atoms with Crippen molar-refractivity contribution in [3.8, 4) is 5.88 Å². The molecule has 36 heavy (non-hydrogen) atoms. The molecule has 0 spiro atoms. The fourth-order valence-corrected chi connectivity index (χ4v) is 5.36. The Morgan fingerprint density at radius 2 is 2.00 bits per heavy atom. The quantitative estimate of drug-likeness (QED) is 0.434. The number of likely N-dealkylation sites (tertiary alicyclic amines) is 1. The minimum Gasteiger partial charge on any atom is -0.474 e. The summed E-state index contributed by atoms with van der Waals surface area (Å²) in [4.78, 5) is 30.2. The number of amides is 2. The van der Waals surface area contributed by atoms with Crippen molar-refractivity contribution in [3.05, 3.63) is 24.4 Å². The van der Waals surface area contributed by atoms with Crippen LogP contribution in [-0.4, -0.2) is 78.4 Å². The van der Waals surface area contributed by atoms with E-state index in [4.69, 9.17) is 9.47 Å². The van der Waals surface area contributed by atoms with Crippen molar-refractivity contribution in [1.82, 2.24) is 26.1 Å². The summed E-state index contributed by atoms with van der Waals surface area (Å²) in [5, 5.41) is 3.04. The lowest BCUT2D eigenvalue weighted by Gasteiger charge is -2.40. The van der Waals surface area contributed by atoms with Crippen LogP contribution in [0.5, 0.6) is 5.88 Å². The van der Waals surface area contributed by atoms with Crippen LogP contribution in [-0.2, 0) is 14.3 Å². The van der Waals surface area contributed by atoms with E-state index in [-0.39, 0.29) is 50.3 Å². The third-order valence-corrected chi connectivity index (χ3v) is 7.14. The summed E-state index contributed by atoms with van der Waals surface area (Å²) in [5.74, 6) is -2.62. The molecule has 2 saturated heterocycles. The number of hydrogen-bond donors (Lipinski definition) is 3. The Hall–Kier alpha value is -2.44. The van der Waals surface area contributed by atoms with Crippen molar-refractivity contribution < 1.29 is 32.2 Å². The van der Waals surface area contributed by atoms with Gasteiger partial charge in [-0.05, 0) is 51.1 Å². The van der Waals surface area contributed by atoms with Crippen molar-refractivity contribution in [2.24, 2.45) is 5.92 Å². The standard InChI is InChI=1S/C24H34F3N5O4/c25-24(26,27)22-19(14-29-31-23(22)34)32-12-3-4-17(32)15-35-13-10-20(33)30-16-6-8-18(9-7-16)36-21-5-1-2-11-28-21/h1-2,5,11,16-19,22,29H,3-4,6-10,12-15H2,(H,30,33)(H,31,34)/t16?,17-,18?,19?,22?/m0/s1. The Morgan fingerprint density at radius 3 is 2.72 bits per heavy atom. The molecule has 3 fully saturated rings. The number of alkyl halides is 3. The van der Waals surface area contributed by atoms with Gasteiger partial charge in [0.15, 0.2) is 5.92 Å². The molecule has 1 aliphatic carbocycles. The van der Waals surface area contributed by atoms with Crippen LogP contribution < -0.4 is 20.9 Å². The van der Waals surface area contributed by atoms with Crippen LogP contribution in [0.15, 0.2) is 24.4 Å². The van der Waals surface area contributed by atoms with Gasteiger partial charge in [0, 0.05) is 43.4 Å². The fraction of sp³-hybridized carbons (Fsp3) is 0.708. The van der Waals surface area contributed by atoms with E-state index < -0.39 is 24.0 Å². The Balaban J connectivity index is 1.15. The van der Waals surface area contributed by atoms with Crippen LogP contribution in [0.4, 0.5) is 13.2 Å². The molecule has 0 bridgehead atoms. The maximum absolute atomic E-state index is 13.5. The maximum Gasteiger partial charge on any atom is 0.402 e. The average molecular weight is 514 g/mol. The number of pyridine rings is 1. The summed E-state index contributed by atoms with van der Waals surface area (Å²) >= 11 is 0. The van der Waals surface area contributed by atoms with Gasteiger partial charge in [0.25, 0.3) is 0 Å². The number of hydrogen-bond acceptors (Lipinski definition) is 7. The third-order valence-electron chi connectivity index (χ3n) is 7.14.